The molecule has 0 fully saturated rings. The van der Waals surface area contributed by atoms with Crippen molar-refractivity contribution in [2.24, 2.45) is 0 Å². The smallest absolute Gasteiger partial charge is 0.178 e. The van der Waals surface area contributed by atoms with Crippen LogP contribution >= 0.6 is 0 Å². The van der Waals surface area contributed by atoms with Crippen LogP contribution in [0.1, 0.15) is 23.2 Å². The average molecular weight is 201 g/mol. The minimum atomic E-state index is -0.0328. The number of imidazole rings is 1. The van der Waals surface area contributed by atoms with E-state index in [0.717, 1.165) is 11.6 Å². The summed E-state index contributed by atoms with van der Waals surface area (Å²) in [5.74, 6) is 1.54. The summed E-state index contributed by atoms with van der Waals surface area (Å²) in [7, 11) is 0. The molecule has 0 saturated carbocycles. The van der Waals surface area contributed by atoms with E-state index in [9.17, 15) is 4.79 Å². The molecule has 4 heteroatoms. The zero-order chi connectivity index (χ0) is 10.8. The molecule has 0 bridgehead atoms. The lowest BCUT2D eigenvalue weighted by molar-refractivity contribution is 0.101. The highest BCUT2D eigenvalue weighted by molar-refractivity contribution is 5.92. The minimum Gasteiger partial charge on any atom is -0.293 e. The second kappa shape index (κ2) is 3.65. The van der Waals surface area contributed by atoms with Gasteiger partial charge in [-0.1, -0.05) is 6.07 Å². The fourth-order valence-corrected chi connectivity index (χ4v) is 1.37. The van der Waals surface area contributed by atoms with E-state index in [1.807, 2.05) is 29.8 Å². The fourth-order valence-electron chi connectivity index (χ4n) is 1.37. The summed E-state index contributed by atoms with van der Waals surface area (Å²) in [6.07, 6.45) is 3.53. The van der Waals surface area contributed by atoms with Gasteiger partial charge < -0.3 is 0 Å². The van der Waals surface area contributed by atoms with Crippen LogP contribution in [0, 0.1) is 6.92 Å². The van der Waals surface area contributed by atoms with Crippen molar-refractivity contribution in [2.45, 2.75) is 13.8 Å². The first-order valence-corrected chi connectivity index (χ1v) is 4.67. The van der Waals surface area contributed by atoms with Crippen LogP contribution in [0.15, 0.2) is 30.6 Å². The average Bonchev–Trinajstić information content (AvgIpc) is 2.64. The molecule has 0 amide bonds. The van der Waals surface area contributed by atoms with Gasteiger partial charge in [0.15, 0.2) is 5.78 Å². The summed E-state index contributed by atoms with van der Waals surface area (Å²) in [5.41, 5.74) is 0.473. The monoisotopic (exact) mass is 201 g/mol. The van der Waals surface area contributed by atoms with E-state index in [2.05, 4.69) is 9.97 Å². The summed E-state index contributed by atoms with van der Waals surface area (Å²) in [6, 6.07) is 5.37. The van der Waals surface area contributed by atoms with Crippen LogP contribution in [-0.4, -0.2) is 20.3 Å². The standard InChI is InChI=1S/C11H11N3O/c1-8(15)10-4-3-5-11(13-10)14-7-6-12-9(14)2/h3-7H,1-2H3. The Morgan fingerprint density at radius 1 is 1.40 bits per heavy atom. The first-order chi connectivity index (χ1) is 7.18. The van der Waals surface area contributed by atoms with Gasteiger partial charge in [-0.3, -0.25) is 9.36 Å². The Morgan fingerprint density at radius 2 is 2.20 bits per heavy atom. The topological polar surface area (TPSA) is 47.8 Å². The van der Waals surface area contributed by atoms with Gasteiger partial charge in [0.25, 0.3) is 0 Å². The number of rotatable bonds is 2. The Kier molecular flexibility index (Phi) is 2.33. The number of aryl methyl sites for hydroxylation is 1. The number of hydrogen-bond donors (Lipinski definition) is 0. The molecule has 2 aromatic rings. The predicted octanol–water partition coefficient (Wildman–Crippen LogP) is 1.78. The van der Waals surface area contributed by atoms with Crippen LogP contribution in [0.4, 0.5) is 0 Å². The normalized spacial score (nSPS) is 10.3. The molecule has 0 N–H and O–H groups in total. The molecule has 0 aliphatic rings. The first-order valence-electron chi connectivity index (χ1n) is 4.67. The quantitative estimate of drug-likeness (QED) is 0.696. The van der Waals surface area contributed by atoms with E-state index in [0.29, 0.717) is 5.69 Å². The maximum atomic E-state index is 11.2. The van der Waals surface area contributed by atoms with E-state index in [-0.39, 0.29) is 5.78 Å². The van der Waals surface area contributed by atoms with Crippen molar-refractivity contribution in [3.63, 3.8) is 0 Å². The third-order valence-corrected chi connectivity index (χ3v) is 2.17. The zero-order valence-electron chi connectivity index (χ0n) is 8.64. The van der Waals surface area contributed by atoms with Gasteiger partial charge in [-0.25, -0.2) is 9.97 Å². The SMILES string of the molecule is CC(=O)c1cccc(-n2ccnc2C)n1. The minimum absolute atomic E-state index is 0.0328. The lowest BCUT2D eigenvalue weighted by Gasteiger charge is -2.04. The molecule has 0 atom stereocenters. The van der Waals surface area contributed by atoms with Crippen molar-refractivity contribution in [1.29, 1.82) is 0 Å². The van der Waals surface area contributed by atoms with Crippen LogP contribution in [0.2, 0.25) is 0 Å². The fraction of sp³-hybridized carbons (Fsp3) is 0.182. The first kappa shape index (κ1) is 9.58. The third-order valence-electron chi connectivity index (χ3n) is 2.17. The highest BCUT2D eigenvalue weighted by Gasteiger charge is 2.05. The predicted molar refractivity (Wildman–Crippen MR) is 56.1 cm³/mol. The van der Waals surface area contributed by atoms with Crippen LogP contribution in [0.5, 0.6) is 0 Å². The summed E-state index contributed by atoms with van der Waals surface area (Å²) >= 11 is 0. The third kappa shape index (κ3) is 1.79. The number of nitrogens with zero attached hydrogens (tertiary/aromatic N) is 3. The molecule has 2 rings (SSSR count). The molecule has 0 unspecified atom stereocenters. The molecule has 0 radical (unpaired) electrons. The molecule has 0 saturated heterocycles. The number of hydrogen-bond acceptors (Lipinski definition) is 3. The molecule has 76 valence electrons. The van der Waals surface area contributed by atoms with E-state index >= 15 is 0 Å². The van der Waals surface area contributed by atoms with Gasteiger partial charge in [-0.15, -0.1) is 0 Å². The molecule has 4 nitrogen and oxygen atoms in total. The summed E-state index contributed by atoms with van der Waals surface area (Å²) < 4.78 is 1.84. The molecule has 2 aromatic heterocycles. The molecule has 0 spiro atoms. The van der Waals surface area contributed by atoms with E-state index in [1.54, 1.807) is 12.3 Å². The van der Waals surface area contributed by atoms with Crippen molar-refractivity contribution in [3.05, 3.63) is 42.1 Å². The number of Topliss-reactive ketones (excluding diaryl/α,β-unsaturated/α-hetero) is 1. The number of carbonyl (C=O) groups excluding carboxylic acids is 1. The van der Waals surface area contributed by atoms with Gasteiger partial charge in [-0.05, 0) is 19.1 Å². The van der Waals surface area contributed by atoms with Gasteiger partial charge in [0.05, 0.1) is 0 Å². The molecule has 0 aliphatic carbocycles. The molecular weight excluding hydrogens is 190 g/mol. The number of pyridine rings is 1. The van der Waals surface area contributed by atoms with Crippen LogP contribution in [-0.2, 0) is 0 Å². The largest absolute Gasteiger partial charge is 0.293 e. The maximum Gasteiger partial charge on any atom is 0.178 e. The lowest BCUT2D eigenvalue weighted by Crippen LogP contribution is -2.03. The number of aromatic nitrogens is 3. The van der Waals surface area contributed by atoms with Gasteiger partial charge in [0.1, 0.15) is 17.3 Å². The lowest BCUT2D eigenvalue weighted by atomic mass is 10.3. The van der Waals surface area contributed by atoms with Crippen LogP contribution in [0.3, 0.4) is 0 Å². The molecule has 0 aromatic carbocycles. The summed E-state index contributed by atoms with van der Waals surface area (Å²) in [4.78, 5) is 19.5. The second-order valence-corrected chi connectivity index (χ2v) is 3.28. The van der Waals surface area contributed by atoms with Gasteiger partial charge >= 0.3 is 0 Å². The van der Waals surface area contributed by atoms with Crippen molar-refractivity contribution in [3.8, 4) is 5.82 Å². The molecule has 0 aliphatic heterocycles. The number of ketones is 1. The van der Waals surface area contributed by atoms with Crippen LogP contribution in [0.25, 0.3) is 5.82 Å². The molecule has 2 heterocycles. The summed E-state index contributed by atoms with van der Waals surface area (Å²) in [6.45, 7) is 3.40. The Hall–Kier alpha value is -1.97. The highest BCUT2D eigenvalue weighted by atomic mass is 16.1. The van der Waals surface area contributed by atoms with Crippen molar-refractivity contribution < 1.29 is 4.79 Å². The summed E-state index contributed by atoms with van der Waals surface area (Å²) in [5, 5.41) is 0. The molecular formula is C11H11N3O. The van der Waals surface area contributed by atoms with Crippen LogP contribution < -0.4 is 0 Å². The maximum absolute atomic E-state index is 11.2. The van der Waals surface area contributed by atoms with E-state index in [4.69, 9.17) is 0 Å². The molecule has 15 heavy (non-hydrogen) atoms. The Balaban J connectivity index is 2.50. The Labute approximate surface area is 87.6 Å². The van der Waals surface area contributed by atoms with Crippen molar-refractivity contribution in [2.75, 3.05) is 0 Å². The highest BCUT2D eigenvalue weighted by Crippen LogP contribution is 2.08. The van der Waals surface area contributed by atoms with Gasteiger partial charge in [0.2, 0.25) is 0 Å². The number of carbonyl (C=O) groups is 1. The Morgan fingerprint density at radius 3 is 2.80 bits per heavy atom. The Bertz CT molecular complexity index is 502. The van der Waals surface area contributed by atoms with E-state index in [1.165, 1.54) is 6.92 Å². The van der Waals surface area contributed by atoms with E-state index < -0.39 is 0 Å². The van der Waals surface area contributed by atoms with Crippen molar-refractivity contribution in [1.82, 2.24) is 14.5 Å². The second-order valence-electron chi connectivity index (χ2n) is 3.28. The van der Waals surface area contributed by atoms with Gasteiger partial charge in [0, 0.05) is 19.3 Å². The van der Waals surface area contributed by atoms with Crippen molar-refractivity contribution >= 4 is 5.78 Å². The van der Waals surface area contributed by atoms with Gasteiger partial charge in [-0.2, -0.15) is 0 Å². The zero-order valence-corrected chi connectivity index (χ0v) is 8.64.